The third-order valence-corrected chi connectivity index (χ3v) is 5.00. The monoisotopic (exact) mass is 258 g/mol. The second-order valence-corrected chi connectivity index (χ2v) is 6.01. The maximum Gasteiger partial charge on any atom is 0.226 e. The van der Waals surface area contributed by atoms with Gasteiger partial charge in [0.2, 0.25) is 5.91 Å². The first-order valence-corrected chi connectivity index (χ1v) is 7.52. The Morgan fingerprint density at radius 1 is 1.53 bits per heavy atom. The van der Waals surface area contributed by atoms with Gasteiger partial charge in [0, 0.05) is 37.9 Å². The van der Waals surface area contributed by atoms with Gasteiger partial charge in [0.15, 0.2) is 0 Å². The highest BCUT2D eigenvalue weighted by molar-refractivity contribution is 7.99. The smallest absolute Gasteiger partial charge is 0.226 e. The highest BCUT2D eigenvalue weighted by atomic mass is 32.2. The third-order valence-electron chi connectivity index (χ3n) is 3.84. The molecule has 0 aliphatic carbocycles. The van der Waals surface area contributed by atoms with Crippen LogP contribution >= 0.6 is 11.8 Å². The van der Waals surface area contributed by atoms with Gasteiger partial charge in [-0.2, -0.15) is 11.8 Å². The average Bonchev–Trinajstić information content (AvgIpc) is 2.91. The van der Waals surface area contributed by atoms with Gasteiger partial charge in [-0.1, -0.05) is 0 Å². The minimum Gasteiger partial charge on any atom is -0.381 e. The molecule has 1 amide bonds. The van der Waals surface area contributed by atoms with Gasteiger partial charge in [0.25, 0.3) is 0 Å². The van der Waals surface area contributed by atoms with E-state index in [2.05, 4.69) is 0 Å². The Hall–Kier alpha value is -0.260. The van der Waals surface area contributed by atoms with Crippen LogP contribution in [0.1, 0.15) is 19.3 Å². The summed E-state index contributed by atoms with van der Waals surface area (Å²) in [6.45, 7) is 1.35. The molecule has 0 aromatic rings. The number of piperidine rings is 1. The molecule has 0 spiro atoms. The van der Waals surface area contributed by atoms with Crippen LogP contribution in [0.25, 0.3) is 0 Å². The van der Waals surface area contributed by atoms with E-state index >= 15 is 0 Å². The molecule has 3 unspecified atom stereocenters. The van der Waals surface area contributed by atoms with E-state index in [0.29, 0.717) is 12.5 Å². The minimum atomic E-state index is 0.173. The number of nitrogens with zero attached hydrogens (tertiary/aromatic N) is 1. The van der Waals surface area contributed by atoms with E-state index in [1.165, 1.54) is 0 Å². The van der Waals surface area contributed by atoms with Crippen LogP contribution < -0.4 is 5.73 Å². The molecule has 2 rings (SSSR count). The summed E-state index contributed by atoms with van der Waals surface area (Å²) in [7, 11) is 1.74. The van der Waals surface area contributed by atoms with Crippen molar-refractivity contribution in [1.82, 2.24) is 4.90 Å². The van der Waals surface area contributed by atoms with Crippen LogP contribution in [0.3, 0.4) is 0 Å². The highest BCUT2D eigenvalue weighted by Crippen LogP contribution is 2.28. The molecule has 5 heteroatoms. The van der Waals surface area contributed by atoms with E-state index in [1.807, 2.05) is 16.7 Å². The van der Waals surface area contributed by atoms with Gasteiger partial charge in [0.05, 0.1) is 6.10 Å². The van der Waals surface area contributed by atoms with Gasteiger partial charge >= 0.3 is 0 Å². The van der Waals surface area contributed by atoms with Crippen molar-refractivity contribution in [2.45, 2.75) is 31.4 Å². The topological polar surface area (TPSA) is 55.6 Å². The molecular weight excluding hydrogens is 236 g/mol. The molecule has 3 atom stereocenters. The summed E-state index contributed by atoms with van der Waals surface area (Å²) in [5, 5.41) is 0. The number of thioether (sulfide) groups is 1. The molecule has 0 radical (unpaired) electrons. The maximum atomic E-state index is 12.4. The van der Waals surface area contributed by atoms with Gasteiger partial charge in [-0.15, -0.1) is 0 Å². The zero-order chi connectivity index (χ0) is 12.3. The summed E-state index contributed by atoms with van der Waals surface area (Å²) >= 11 is 1.88. The molecule has 2 heterocycles. The van der Waals surface area contributed by atoms with Crippen molar-refractivity contribution in [3.05, 3.63) is 0 Å². The Balaban J connectivity index is 1.96. The molecule has 0 saturated carbocycles. The second-order valence-electron chi connectivity index (χ2n) is 4.86. The fourth-order valence-corrected chi connectivity index (χ4v) is 3.92. The van der Waals surface area contributed by atoms with E-state index in [1.54, 1.807) is 7.11 Å². The fraction of sp³-hybridized carbons (Fsp3) is 0.917. The SMILES string of the molecule is COC1CCN(C(=O)C2CCSC2)C(CN)C1. The molecule has 2 N–H and O–H groups in total. The van der Waals surface area contributed by atoms with Crippen molar-refractivity contribution in [2.24, 2.45) is 11.7 Å². The van der Waals surface area contributed by atoms with E-state index in [-0.39, 0.29) is 18.1 Å². The standard InChI is InChI=1S/C12H22N2O2S/c1-16-11-2-4-14(10(6-11)7-13)12(15)9-3-5-17-8-9/h9-11H,2-8,13H2,1H3. The molecule has 4 nitrogen and oxygen atoms in total. The number of hydrogen-bond acceptors (Lipinski definition) is 4. The Labute approximate surface area is 107 Å². The van der Waals surface area contributed by atoms with Crippen molar-refractivity contribution in [1.29, 1.82) is 0 Å². The van der Waals surface area contributed by atoms with Gasteiger partial charge in [-0.05, 0) is 25.0 Å². The number of methoxy groups -OCH3 is 1. The van der Waals surface area contributed by atoms with Crippen molar-refractivity contribution in [3.8, 4) is 0 Å². The molecule has 98 valence electrons. The predicted octanol–water partition coefficient (Wildman–Crippen LogP) is 0.704. The summed E-state index contributed by atoms with van der Waals surface area (Å²) in [6, 6.07) is 0.173. The molecule has 17 heavy (non-hydrogen) atoms. The number of carbonyl (C=O) groups is 1. The first kappa shape index (κ1) is 13.2. The Morgan fingerprint density at radius 2 is 2.35 bits per heavy atom. The predicted molar refractivity (Wildman–Crippen MR) is 70.0 cm³/mol. The zero-order valence-electron chi connectivity index (χ0n) is 10.4. The van der Waals surface area contributed by atoms with E-state index in [4.69, 9.17) is 10.5 Å². The third kappa shape index (κ3) is 2.95. The highest BCUT2D eigenvalue weighted by Gasteiger charge is 2.35. The van der Waals surface area contributed by atoms with Gasteiger partial charge in [0.1, 0.15) is 0 Å². The summed E-state index contributed by atoms with van der Waals surface area (Å²) < 4.78 is 5.38. The second kappa shape index (κ2) is 6.07. The van der Waals surface area contributed by atoms with Gasteiger partial charge in [-0.25, -0.2) is 0 Å². The average molecular weight is 258 g/mol. The molecule has 2 aliphatic rings. The van der Waals surface area contributed by atoms with Crippen molar-refractivity contribution in [2.75, 3.05) is 31.7 Å². The zero-order valence-corrected chi connectivity index (χ0v) is 11.2. The number of hydrogen-bond donors (Lipinski definition) is 1. The van der Waals surface area contributed by atoms with Crippen LogP contribution in [-0.2, 0) is 9.53 Å². The van der Waals surface area contributed by atoms with Crippen LogP contribution in [0.4, 0.5) is 0 Å². The van der Waals surface area contributed by atoms with Crippen LogP contribution in [0, 0.1) is 5.92 Å². The quantitative estimate of drug-likeness (QED) is 0.810. The van der Waals surface area contributed by atoms with Crippen molar-refractivity contribution in [3.63, 3.8) is 0 Å². The van der Waals surface area contributed by atoms with Gasteiger partial charge < -0.3 is 15.4 Å². The fourth-order valence-electron chi connectivity index (χ4n) is 2.71. The van der Waals surface area contributed by atoms with Crippen molar-refractivity contribution < 1.29 is 9.53 Å². The number of likely N-dealkylation sites (tertiary alicyclic amines) is 1. The van der Waals surface area contributed by atoms with Crippen molar-refractivity contribution >= 4 is 17.7 Å². The summed E-state index contributed by atoms with van der Waals surface area (Å²) in [5.41, 5.74) is 5.79. The molecule has 0 bridgehead atoms. The lowest BCUT2D eigenvalue weighted by Crippen LogP contribution is -2.52. The summed E-state index contributed by atoms with van der Waals surface area (Å²) in [4.78, 5) is 14.4. The number of amides is 1. The molecule has 2 saturated heterocycles. The van der Waals surface area contributed by atoms with Crippen LogP contribution in [0.2, 0.25) is 0 Å². The Bertz CT molecular complexity index is 269. The lowest BCUT2D eigenvalue weighted by Gasteiger charge is -2.39. The largest absolute Gasteiger partial charge is 0.381 e. The first-order valence-electron chi connectivity index (χ1n) is 6.37. The lowest BCUT2D eigenvalue weighted by atomic mass is 9.96. The number of nitrogens with two attached hydrogens (primary N) is 1. The van der Waals surface area contributed by atoms with E-state index < -0.39 is 0 Å². The minimum absolute atomic E-state index is 0.173. The molecule has 0 aromatic heterocycles. The Morgan fingerprint density at radius 3 is 2.94 bits per heavy atom. The first-order chi connectivity index (χ1) is 8.26. The lowest BCUT2D eigenvalue weighted by molar-refractivity contribution is -0.140. The Kier molecular flexibility index (Phi) is 4.70. The van der Waals surface area contributed by atoms with Gasteiger partial charge in [-0.3, -0.25) is 4.79 Å². The molecular formula is C12H22N2O2S. The van der Waals surface area contributed by atoms with E-state index in [9.17, 15) is 4.79 Å². The summed E-state index contributed by atoms with van der Waals surface area (Å²) in [5.74, 6) is 2.66. The molecule has 2 aliphatic heterocycles. The summed E-state index contributed by atoms with van der Waals surface area (Å²) in [6.07, 6.45) is 3.13. The molecule has 2 fully saturated rings. The number of ether oxygens (including phenoxy) is 1. The van der Waals surface area contributed by atoms with Crippen LogP contribution in [0.5, 0.6) is 0 Å². The van der Waals surface area contributed by atoms with Crippen LogP contribution in [-0.4, -0.2) is 54.7 Å². The molecule has 0 aromatic carbocycles. The van der Waals surface area contributed by atoms with E-state index in [0.717, 1.165) is 37.3 Å². The van der Waals surface area contributed by atoms with Crippen LogP contribution in [0.15, 0.2) is 0 Å². The maximum absolute atomic E-state index is 12.4. The normalized spacial score (nSPS) is 34.0. The number of rotatable bonds is 3. The number of carbonyl (C=O) groups excluding carboxylic acids is 1.